The van der Waals surface area contributed by atoms with Crippen LogP contribution in [-0.2, 0) is 0 Å². The lowest BCUT2D eigenvalue weighted by Crippen LogP contribution is -2.22. The van der Waals surface area contributed by atoms with Gasteiger partial charge in [0.2, 0.25) is 0 Å². The zero-order chi connectivity index (χ0) is 9.03. The molecule has 0 aromatic rings. The molecule has 0 fully saturated rings. The Bertz CT molecular complexity index is 162. The molecule has 1 rings (SSSR count). The summed E-state index contributed by atoms with van der Waals surface area (Å²) < 4.78 is 0. The Morgan fingerprint density at radius 3 is 2.50 bits per heavy atom. The number of rotatable bonds is 1. The van der Waals surface area contributed by atoms with Crippen molar-refractivity contribution in [1.29, 1.82) is 0 Å². The van der Waals surface area contributed by atoms with Gasteiger partial charge in [-0.2, -0.15) is 0 Å². The maximum atomic E-state index is 9.79. The second-order valence-corrected chi connectivity index (χ2v) is 4.24. The molecular formula is C11H20O. The van der Waals surface area contributed by atoms with E-state index < -0.39 is 5.60 Å². The summed E-state index contributed by atoms with van der Waals surface area (Å²) in [5.41, 5.74) is 0.652. The van der Waals surface area contributed by atoms with Gasteiger partial charge in [-0.25, -0.2) is 0 Å². The van der Waals surface area contributed by atoms with Crippen LogP contribution < -0.4 is 0 Å². The Balaban J connectivity index is 2.59. The molecular weight excluding hydrogens is 148 g/mol. The normalized spacial score (nSPS) is 25.4. The standard InChI is InChI=1S/C11H20O/c1-11(2,12)10-8-6-4-3-5-7-9-10/h8,12H,3-7,9H2,1-2H3/b10-8+. The zero-order valence-electron chi connectivity index (χ0n) is 8.27. The molecule has 1 aliphatic rings. The Morgan fingerprint density at radius 2 is 1.83 bits per heavy atom. The van der Waals surface area contributed by atoms with Crippen molar-refractivity contribution in [1.82, 2.24) is 0 Å². The fraction of sp³-hybridized carbons (Fsp3) is 0.818. The van der Waals surface area contributed by atoms with Gasteiger partial charge >= 0.3 is 0 Å². The van der Waals surface area contributed by atoms with Crippen molar-refractivity contribution in [2.45, 2.75) is 58.0 Å². The van der Waals surface area contributed by atoms with E-state index in [9.17, 15) is 5.11 Å². The van der Waals surface area contributed by atoms with Gasteiger partial charge in [-0.15, -0.1) is 0 Å². The molecule has 0 spiro atoms. The van der Waals surface area contributed by atoms with Gasteiger partial charge in [0.15, 0.2) is 0 Å². The summed E-state index contributed by atoms with van der Waals surface area (Å²) in [6, 6.07) is 0. The highest BCUT2D eigenvalue weighted by atomic mass is 16.3. The van der Waals surface area contributed by atoms with Crippen LogP contribution in [0, 0.1) is 0 Å². The lowest BCUT2D eigenvalue weighted by atomic mass is 9.89. The largest absolute Gasteiger partial charge is 0.386 e. The number of hydrogen-bond acceptors (Lipinski definition) is 1. The van der Waals surface area contributed by atoms with Gasteiger partial charge in [0.05, 0.1) is 5.60 Å². The minimum Gasteiger partial charge on any atom is -0.386 e. The summed E-state index contributed by atoms with van der Waals surface area (Å²) in [7, 11) is 0. The molecule has 1 N–H and O–H groups in total. The summed E-state index contributed by atoms with van der Waals surface area (Å²) in [6.45, 7) is 3.78. The third kappa shape index (κ3) is 2.98. The summed E-state index contributed by atoms with van der Waals surface area (Å²) >= 11 is 0. The monoisotopic (exact) mass is 168 g/mol. The maximum absolute atomic E-state index is 9.79. The van der Waals surface area contributed by atoms with Crippen LogP contribution in [0.15, 0.2) is 11.6 Å². The van der Waals surface area contributed by atoms with E-state index >= 15 is 0 Å². The maximum Gasteiger partial charge on any atom is 0.0800 e. The van der Waals surface area contributed by atoms with E-state index in [1.807, 2.05) is 13.8 Å². The molecule has 0 amide bonds. The minimum atomic E-state index is -0.586. The van der Waals surface area contributed by atoms with Gasteiger partial charge in [0.25, 0.3) is 0 Å². The summed E-state index contributed by atoms with van der Waals surface area (Å²) in [6.07, 6.45) is 9.69. The van der Waals surface area contributed by atoms with E-state index in [4.69, 9.17) is 0 Å². The fourth-order valence-electron chi connectivity index (χ4n) is 1.75. The molecule has 1 aliphatic carbocycles. The van der Waals surface area contributed by atoms with E-state index in [-0.39, 0.29) is 0 Å². The van der Waals surface area contributed by atoms with E-state index in [0.717, 1.165) is 12.8 Å². The first-order chi connectivity index (χ1) is 5.61. The number of aliphatic hydroxyl groups is 1. The second-order valence-electron chi connectivity index (χ2n) is 4.24. The average Bonchev–Trinajstić information content (AvgIpc) is 1.81. The van der Waals surface area contributed by atoms with Crippen molar-refractivity contribution in [3.8, 4) is 0 Å². The molecule has 0 atom stereocenters. The Kier molecular flexibility index (Phi) is 3.33. The van der Waals surface area contributed by atoms with Crippen LogP contribution in [0.2, 0.25) is 0 Å². The lowest BCUT2D eigenvalue weighted by molar-refractivity contribution is 0.114. The molecule has 1 heteroatoms. The van der Waals surface area contributed by atoms with Gasteiger partial charge in [0, 0.05) is 0 Å². The van der Waals surface area contributed by atoms with Gasteiger partial charge in [-0.1, -0.05) is 18.9 Å². The van der Waals surface area contributed by atoms with Crippen LogP contribution in [0.3, 0.4) is 0 Å². The highest BCUT2D eigenvalue weighted by Crippen LogP contribution is 2.25. The third-order valence-corrected chi connectivity index (χ3v) is 2.58. The van der Waals surface area contributed by atoms with Crippen LogP contribution in [0.4, 0.5) is 0 Å². The predicted molar refractivity (Wildman–Crippen MR) is 52.1 cm³/mol. The van der Waals surface area contributed by atoms with Crippen LogP contribution in [0.5, 0.6) is 0 Å². The zero-order valence-corrected chi connectivity index (χ0v) is 8.27. The molecule has 0 radical (unpaired) electrons. The van der Waals surface area contributed by atoms with Crippen molar-refractivity contribution >= 4 is 0 Å². The quantitative estimate of drug-likeness (QED) is 0.597. The summed E-state index contributed by atoms with van der Waals surface area (Å²) in [5, 5.41) is 9.79. The molecule has 1 nitrogen and oxygen atoms in total. The van der Waals surface area contributed by atoms with Crippen LogP contribution >= 0.6 is 0 Å². The SMILES string of the molecule is CC(C)(O)/C1=C/CCCCCC1. The summed E-state index contributed by atoms with van der Waals surface area (Å²) in [4.78, 5) is 0. The number of allylic oxidation sites excluding steroid dienone is 1. The highest BCUT2D eigenvalue weighted by molar-refractivity contribution is 5.13. The summed E-state index contributed by atoms with van der Waals surface area (Å²) in [5.74, 6) is 0. The topological polar surface area (TPSA) is 20.2 Å². The van der Waals surface area contributed by atoms with E-state index in [2.05, 4.69) is 6.08 Å². The van der Waals surface area contributed by atoms with Crippen molar-refractivity contribution in [2.24, 2.45) is 0 Å². The molecule has 0 heterocycles. The Hall–Kier alpha value is -0.300. The molecule has 0 aromatic carbocycles. The molecule has 0 aromatic heterocycles. The first-order valence-corrected chi connectivity index (χ1v) is 5.02. The Labute approximate surface area is 75.5 Å². The second kappa shape index (κ2) is 4.08. The van der Waals surface area contributed by atoms with Gasteiger partial charge in [-0.3, -0.25) is 0 Å². The highest BCUT2D eigenvalue weighted by Gasteiger charge is 2.18. The number of hydrogen-bond donors (Lipinski definition) is 1. The van der Waals surface area contributed by atoms with Crippen LogP contribution in [0.25, 0.3) is 0 Å². The average molecular weight is 168 g/mol. The molecule has 0 aliphatic heterocycles. The predicted octanol–water partition coefficient (Wildman–Crippen LogP) is 3.04. The molecule has 70 valence electrons. The van der Waals surface area contributed by atoms with E-state index in [0.29, 0.717) is 0 Å². The molecule has 0 bridgehead atoms. The molecule has 0 saturated carbocycles. The lowest BCUT2D eigenvalue weighted by Gasteiger charge is -2.23. The van der Waals surface area contributed by atoms with Gasteiger partial charge < -0.3 is 5.11 Å². The van der Waals surface area contributed by atoms with Crippen molar-refractivity contribution < 1.29 is 5.11 Å². The van der Waals surface area contributed by atoms with Gasteiger partial charge in [0.1, 0.15) is 0 Å². The molecule has 0 saturated heterocycles. The molecule has 12 heavy (non-hydrogen) atoms. The van der Waals surface area contributed by atoms with E-state index in [1.165, 1.54) is 31.3 Å². The van der Waals surface area contributed by atoms with Crippen LogP contribution in [0.1, 0.15) is 52.4 Å². The van der Waals surface area contributed by atoms with E-state index in [1.54, 1.807) is 0 Å². The third-order valence-electron chi connectivity index (χ3n) is 2.58. The van der Waals surface area contributed by atoms with Crippen molar-refractivity contribution in [3.05, 3.63) is 11.6 Å². The smallest absolute Gasteiger partial charge is 0.0800 e. The molecule has 0 unspecified atom stereocenters. The Morgan fingerprint density at radius 1 is 1.17 bits per heavy atom. The van der Waals surface area contributed by atoms with Gasteiger partial charge in [-0.05, 0) is 45.1 Å². The van der Waals surface area contributed by atoms with Crippen molar-refractivity contribution in [3.63, 3.8) is 0 Å². The first-order valence-electron chi connectivity index (χ1n) is 5.02. The first kappa shape index (κ1) is 9.79. The fourth-order valence-corrected chi connectivity index (χ4v) is 1.75. The van der Waals surface area contributed by atoms with Crippen molar-refractivity contribution in [2.75, 3.05) is 0 Å². The van der Waals surface area contributed by atoms with Crippen LogP contribution in [-0.4, -0.2) is 10.7 Å². The minimum absolute atomic E-state index is 0.586.